The van der Waals surface area contributed by atoms with Gasteiger partial charge in [-0.05, 0) is 48.9 Å². The van der Waals surface area contributed by atoms with Crippen LogP contribution in [0.1, 0.15) is 12.5 Å². The molecular weight excluding hydrogens is 430 g/mol. The van der Waals surface area contributed by atoms with Gasteiger partial charge in [-0.1, -0.05) is 23.7 Å². The highest BCUT2D eigenvalue weighted by Crippen LogP contribution is 2.33. The zero-order valence-electron chi connectivity index (χ0n) is 16.5. The molecule has 2 aromatic rings. The number of ether oxygens (including phenoxy) is 1. The van der Waals surface area contributed by atoms with Crippen LogP contribution in [0.2, 0.25) is 5.02 Å². The molecule has 30 heavy (non-hydrogen) atoms. The van der Waals surface area contributed by atoms with E-state index in [0.717, 1.165) is 11.3 Å². The number of hydrazone groups is 1. The molecule has 0 aromatic heterocycles. The van der Waals surface area contributed by atoms with Gasteiger partial charge in [-0.15, -0.1) is 0 Å². The number of sulfone groups is 1. The molecule has 0 aliphatic carbocycles. The highest BCUT2D eigenvalue weighted by Gasteiger charge is 2.48. The summed E-state index contributed by atoms with van der Waals surface area (Å²) in [5, 5.41) is 8.69. The van der Waals surface area contributed by atoms with Gasteiger partial charge in [0.25, 0.3) is 0 Å². The monoisotopic (exact) mass is 449 g/mol. The number of amides is 2. The molecule has 1 unspecified atom stereocenters. The minimum atomic E-state index is -3.34. The summed E-state index contributed by atoms with van der Waals surface area (Å²) in [4.78, 5) is 25.4. The minimum Gasteiger partial charge on any atom is -0.468 e. The number of hydrogen-bond acceptors (Lipinski definition) is 6. The molecule has 1 atom stereocenters. The molecule has 0 saturated heterocycles. The summed E-state index contributed by atoms with van der Waals surface area (Å²) in [6.45, 7) is 1.63. The number of hydrogen-bond donors (Lipinski definition) is 1. The number of halogens is 1. The Labute approximate surface area is 179 Å². The standard InChI is InChI=1S/C20H20ClN3O5S/c1-20(18(25)29-2)12-24(23-17(20)13-4-6-14(21)7-5-13)19(26)22-15-8-10-16(11-9-15)30(3,27)28/h4-11H,12H2,1-3H3,(H,22,26). The zero-order chi connectivity index (χ0) is 22.1. The van der Waals surface area contributed by atoms with E-state index in [9.17, 15) is 18.0 Å². The molecule has 0 radical (unpaired) electrons. The van der Waals surface area contributed by atoms with E-state index < -0.39 is 27.3 Å². The average molecular weight is 450 g/mol. The molecule has 0 fully saturated rings. The predicted octanol–water partition coefficient (Wildman–Crippen LogP) is 3.17. The van der Waals surface area contributed by atoms with Crippen molar-refractivity contribution in [1.82, 2.24) is 5.01 Å². The van der Waals surface area contributed by atoms with Crippen molar-refractivity contribution in [2.45, 2.75) is 11.8 Å². The van der Waals surface area contributed by atoms with Crippen LogP contribution < -0.4 is 5.32 Å². The van der Waals surface area contributed by atoms with Crippen molar-refractivity contribution in [1.29, 1.82) is 0 Å². The Morgan fingerprint density at radius 3 is 2.27 bits per heavy atom. The number of carbonyl (C=O) groups excluding carboxylic acids is 2. The van der Waals surface area contributed by atoms with Crippen molar-refractivity contribution < 1.29 is 22.7 Å². The van der Waals surface area contributed by atoms with Crippen LogP contribution in [0.4, 0.5) is 10.5 Å². The smallest absolute Gasteiger partial charge is 0.342 e. The Morgan fingerprint density at radius 1 is 1.13 bits per heavy atom. The lowest BCUT2D eigenvalue weighted by atomic mass is 9.82. The maximum Gasteiger partial charge on any atom is 0.342 e. The van der Waals surface area contributed by atoms with E-state index in [1.165, 1.54) is 31.4 Å². The first-order chi connectivity index (χ1) is 14.0. The van der Waals surface area contributed by atoms with Crippen LogP contribution in [0.5, 0.6) is 0 Å². The molecule has 3 rings (SSSR count). The van der Waals surface area contributed by atoms with Gasteiger partial charge in [-0.3, -0.25) is 4.79 Å². The van der Waals surface area contributed by atoms with Gasteiger partial charge in [0.15, 0.2) is 9.84 Å². The number of nitrogens with one attached hydrogen (secondary N) is 1. The van der Waals surface area contributed by atoms with Gasteiger partial charge in [0, 0.05) is 17.0 Å². The second kappa shape index (κ2) is 8.08. The van der Waals surface area contributed by atoms with Gasteiger partial charge in [0.2, 0.25) is 0 Å². The number of methoxy groups -OCH3 is 1. The van der Waals surface area contributed by atoms with Gasteiger partial charge in [-0.2, -0.15) is 5.10 Å². The van der Waals surface area contributed by atoms with Gasteiger partial charge >= 0.3 is 12.0 Å². The first-order valence-corrected chi connectivity index (χ1v) is 11.1. The number of anilines is 1. The number of rotatable bonds is 4. The van der Waals surface area contributed by atoms with Crippen molar-refractivity contribution in [3.8, 4) is 0 Å². The van der Waals surface area contributed by atoms with Crippen molar-refractivity contribution >= 4 is 44.8 Å². The van der Waals surface area contributed by atoms with Crippen molar-refractivity contribution in [2.75, 3.05) is 25.2 Å². The van der Waals surface area contributed by atoms with E-state index in [2.05, 4.69) is 10.4 Å². The molecule has 2 aromatic carbocycles. The molecule has 8 nitrogen and oxygen atoms in total. The second-order valence-electron chi connectivity index (χ2n) is 7.06. The third-order valence-corrected chi connectivity index (χ3v) is 6.11. The Hall–Kier alpha value is -2.91. The van der Waals surface area contributed by atoms with E-state index in [0.29, 0.717) is 22.0 Å². The van der Waals surface area contributed by atoms with Gasteiger partial charge < -0.3 is 10.1 Å². The fourth-order valence-corrected chi connectivity index (χ4v) is 3.86. The molecule has 0 bridgehead atoms. The summed E-state index contributed by atoms with van der Waals surface area (Å²) in [6.07, 6.45) is 1.10. The summed E-state index contributed by atoms with van der Waals surface area (Å²) in [6, 6.07) is 12.0. The van der Waals surface area contributed by atoms with E-state index >= 15 is 0 Å². The van der Waals surface area contributed by atoms with Crippen molar-refractivity contribution in [3.05, 3.63) is 59.1 Å². The largest absolute Gasteiger partial charge is 0.468 e. The summed E-state index contributed by atoms with van der Waals surface area (Å²) >= 11 is 5.94. The van der Waals surface area contributed by atoms with Crippen LogP contribution >= 0.6 is 11.6 Å². The lowest BCUT2D eigenvalue weighted by Crippen LogP contribution is -2.42. The van der Waals surface area contributed by atoms with Crippen LogP contribution in [0.15, 0.2) is 58.5 Å². The molecule has 1 heterocycles. The summed E-state index contributed by atoms with van der Waals surface area (Å²) < 4.78 is 28.1. The molecule has 1 aliphatic heterocycles. The lowest BCUT2D eigenvalue weighted by molar-refractivity contribution is -0.147. The number of urea groups is 1. The number of benzene rings is 2. The van der Waals surface area contributed by atoms with Gasteiger partial charge in [0.05, 0.1) is 24.3 Å². The Balaban J connectivity index is 1.87. The maximum atomic E-state index is 12.7. The molecule has 1 N–H and O–H groups in total. The topological polar surface area (TPSA) is 105 Å². The molecule has 0 saturated carbocycles. The molecule has 2 amide bonds. The first kappa shape index (κ1) is 21.8. The molecule has 0 spiro atoms. The van der Waals surface area contributed by atoms with Gasteiger partial charge in [-0.25, -0.2) is 18.2 Å². The predicted molar refractivity (Wildman–Crippen MR) is 113 cm³/mol. The van der Waals surface area contributed by atoms with E-state index in [1.54, 1.807) is 31.2 Å². The van der Waals surface area contributed by atoms with Crippen molar-refractivity contribution in [3.63, 3.8) is 0 Å². The van der Waals surface area contributed by atoms with Crippen LogP contribution in [0.25, 0.3) is 0 Å². The third-order valence-electron chi connectivity index (χ3n) is 4.73. The number of esters is 1. The summed E-state index contributed by atoms with van der Waals surface area (Å²) in [5.41, 5.74) is 0.246. The third kappa shape index (κ3) is 4.31. The quantitative estimate of drug-likeness (QED) is 0.721. The number of nitrogens with zero attached hydrogens (tertiary/aromatic N) is 2. The van der Waals surface area contributed by atoms with E-state index in [1.807, 2.05) is 0 Å². The van der Waals surface area contributed by atoms with E-state index in [-0.39, 0.29) is 11.4 Å². The molecule has 158 valence electrons. The van der Waals surface area contributed by atoms with Crippen LogP contribution in [0.3, 0.4) is 0 Å². The Morgan fingerprint density at radius 2 is 1.73 bits per heavy atom. The number of carbonyl (C=O) groups is 2. The van der Waals surface area contributed by atoms with E-state index in [4.69, 9.17) is 16.3 Å². The molecule has 10 heteroatoms. The van der Waals surface area contributed by atoms with Gasteiger partial charge in [0.1, 0.15) is 5.41 Å². The fraction of sp³-hybridized carbons (Fsp3) is 0.250. The average Bonchev–Trinajstić information content (AvgIpc) is 3.06. The molecular formula is C20H20ClN3O5S. The fourth-order valence-electron chi connectivity index (χ4n) is 3.10. The highest BCUT2D eigenvalue weighted by molar-refractivity contribution is 7.90. The first-order valence-electron chi connectivity index (χ1n) is 8.87. The Kier molecular flexibility index (Phi) is 5.87. The van der Waals surface area contributed by atoms with Crippen molar-refractivity contribution in [2.24, 2.45) is 10.5 Å². The summed E-state index contributed by atoms with van der Waals surface area (Å²) in [5.74, 6) is -0.524. The van der Waals surface area contributed by atoms with Crippen LogP contribution in [-0.2, 0) is 19.4 Å². The summed E-state index contributed by atoms with van der Waals surface area (Å²) in [7, 11) is -2.06. The normalized spacial score (nSPS) is 18.7. The Bertz CT molecular complexity index is 1110. The maximum absolute atomic E-state index is 12.7. The second-order valence-corrected chi connectivity index (χ2v) is 9.52. The zero-order valence-corrected chi connectivity index (χ0v) is 18.1. The van der Waals surface area contributed by atoms with Crippen LogP contribution in [0, 0.1) is 5.41 Å². The van der Waals surface area contributed by atoms with Crippen LogP contribution in [-0.4, -0.2) is 51.0 Å². The SMILES string of the molecule is COC(=O)C1(C)CN(C(=O)Nc2ccc(S(C)(=O)=O)cc2)N=C1c1ccc(Cl)cc1. The minimum absolute atomic E-state index is 0.0229. The molecule has 1 aliphatic rings. The highest BCUT2D eigenvalue weighted by atomic mass is 35.5. The lowest BCUT2D eigenvalue weighted by Gasteiger charge is -2.23.